The molecule has 2 rings (SSSR count). The number of hydrogen-bond acceptors (Lipinski definition) is 3. The fraction of sp³-hybridized carbons (Fsp3) is 0.812. The van der Waals surface area contributed by atoms with Crippen LogP contribution >= 0.6 is 0 Å². The third kappa shape index (κ3) is 5.63. The van der Waals surface area contributed by atoms with Crippen LogP contribution in [-0.4, -0.2) is 47.2 Å². The van der Waals surface area contributed by atoms with Gasteiger partial charge in [-0.2, -0.15) is 0 Å². The first kappa shape index (κ1) is 15.5. The molecule has 1 aromatic heterocycles. The van der Waals surface area contributed by atoms with Gasteiger partial charge in [0.15, 0.2) is 0 Å². The Balaban J connectivity index is 1.50. The highest BCUT2D eigenvalue weighted by Gasteiger charge is 2.21. The minimum absolute atomic E-state index is 0.760. The smallest absolute Gasteiger partial charge is 0.0945 e. The molecule has 4 nitrogen and oxygen atoms in total. The molecule has 0 spiro atoms. The molecule has 1 N–H and O–H groups in total. The van der Waals surface area contributed by atoms with Gasteiger partial charge in [0.05, 0.1) is 6.33 Å². The minimum atomic E-state index is 0.760. The first-order valence-corrected chi connectivity index (χ1v) is 8.13. The summed E-state index contributed by atoms with van der Waals surface area (Å²) in [5, 5.41) is 3.60. The highest BCUT2D eigenvalue weighted by molar-refractivity contribution is 4.78. The number of rotatable bonds is 9. The van der Waals surface area contributed by atoms with Gasteiger partial charge in [0.2, 0.25) is 0 Å². The molecule has 0 amide bonds. The first-order chi connectivity index (χ1) is 9.74. The largest absolute Gasteiger partial charge is 0.337 e. The van der Waals surface area contributed by atoms with Crippen LogP contribution in [0.3, 0.4) is 0 Å². The van der Waals surface area contributed by atoms with E-state index in [9.17, 15) is 0 Å². The predicted molar refractivity (Wildman–Crippen MR) is 83.7 cm³/mol. The zero-order valence-electron chi connectivity index (χ0n) is 13.1. The summed E-state index contributed by atoms with van der Waals surface area (Å²) in [7, 11) is 0. The van der Waals surface area contributed by atoms with Crippen LogP contribution in [0.5, 0.6) is 0 Å². The van der Waals surface area contributed by atoms with E-state index in [1.165, 1.54) is 45.4 Å². The number of imidazole rings is 1. The molecule has 114 valence electrons. The Morgan fingerprint density at radius 3 is 2.90 bits per heavy atom. The van der Waals surface area contributed by atoms with E-state index >= 15 is 0 Å². The summed E-state index contributed by atoms with van der Waals surface area (Å²) in [4.78, 5) is 6.71. The molecule has 0 aromatic carbocycles. The van der Waals surface area contributed by atoms with Crippen molar-refractivity contribution in [1.29, 1.82) is 0 Å². The van der Waals surface area contributed by atoms with E-state index in [2.05, 4.69) is 33.6 Å². The zero-order chi connectivity index (χ0) is 14.2. The summed E-state index contributed by atoms with van der Waals surface area (Å²) >= 11 is 0. The SMILES string of the molecule is CC(C)CNCC1CCN(CCCCn2ccnc2)C1. The molecule has 4 heteroatoms. The van der Waals surface area contributed by atoms with E-state index in [1.807, 2.05) is 18.7 Å². The molecule has 0 aliphatic carbocycles. The Bertz CT molecular complexity index is 347. The summed E-state index contributed by atoms with van der Waals surface area (Å²) < 4.78 is 2.17. The summed E-state index contributed by atoms with van der Waals surface area (Å²) in [6.45, 7) is 11.8. The van der Waals surface area contributed by atoms with E-state index in [-0.39, 0.29) is 0 Å². The number of aryl methyl sites for hydroxylation is 1. The maximum atomic E-state index is 4.07. The maximum absolute atomic E-state index is 4.07. The van der Waals surface area contributed by atoms with E-state index in [0.29, 0.717) is 0 Å². The minimum Gasteiger partial charge on any atom is -0.337 e. The summed E-state index contributed by atoms with van der Waals surface area (Å²) in [6.07, 6.45) is 9.73. The van der Waals surface area contributed by atoms with Crippen molar-refractivity contribution in [3.8, 4) is 0 Å². The number of hydrogen-bond donors (Lipinski definition) is 1. The van der Waals surface area contributed by atoms with Crippen molar-refractivity contribution in [3.63, 3.8) is 0 Å². The molecule has 20 heavy (non-hydrogen) atoms. The fourth-order valence-corrected chi connectivity index (χ4v) is 2.91. The molecule has 1 saturated heterocycles. The Morgan fingerprint density at radius 2 is 2.15 bits per heavy atom. The maximum Gasteiger partial charge on any atom is 0.0945 e. The van der Waals surface area contributed by atoms with E-state index in [4.69, 9.17) is 0 Å². The predicted octanol–water partition coefficient (Wildman–Crippen LogP) is 2.23. The average Bonchev–Trinajstić information content (AvgIpc) is 3.05. The van der Waals surface area contributed by atoms with Gasteiger partial charge in [-0.1, -0.05) is 13.8 Å². The lowest BCUT2D eigenvalue weighted by molar-refractivity contribution is 0.310. The Hall–Kier alpha value is -0.870. The average molecular weight is 278 g/mol. The van der Waals surface area contributed by atoms with E-state index in [0.717, 1.165) is 24.9 Å². The van der Waals surface area contributed by atoms with Gasteiger partial charge in [-0.3, -0.25) is 0 Å². The van der Waals surface area contributed by atoms with Crippen LogP contribution in [0.4, 0.5) is 0 Å². The quantitative estimate of drug-likeness (QED) is 0.703. The normalized spacial score (nSPS) is 20.1. The molecule has 1 aromatic rings. The van der Waals surface area contributed by atoms with Gasteiger partial charge in [-0.25, -0.2) is 4.98 Å². The number of aromatic nitrogens is 2. The molecule has 1 aliphatic heterocycles. The molecule has 1 atom stereocenters. The van der Waals surface area contributed by atoms with Crippen LogP contribution in [0.15, 0.2) is 18.7 Å². The van der Waals surface area contributed by atoms with Crippen molar-refractivity contribution in [3.05, 3.63) is 18.7 Å². The number of nitrogens with zero attached hydrogens (tertiary/aromatic N) is 3. The lowest BCUT2D eigenvalue weighted by Crippen LogP contribution is -2.29. The molecule has 0 radical (unpaired) electrons. The first-order valence-electron chi connectivity index (χ1n) is 8.13. The molecule has 1 unspecified atom stereocenters. The second-order valence-corrected chi connectivity index (χ2v) is 6.52. The van der Waals surface area contributed by atoms with E-state index in [1.54, 1.807) is 0 Å². The van der Waals surface area contributed by atoms with Crippen molar-refractivity contribution in [2.24, 2.45) is 11.8 Å². The Kier molecular flexibility index (Phi) is 6.54. The van der Waals surface area contributed by atoms with Gasteiger partial charge in [0.1, 0.15) is 0 Å². The van der Waals surface area contributed by atoms with Crippen LogP contribution in [-0.2, 0) is 6.54 Å². The molecule has 1 fully saturated rings. The van der Waals surface area contributed by atoms with Crippen LogP contribution in [0, 0.1) is 11.8 Å². The van der Waals surface area contributed by atoms with Gasteiger partial charge in [0, 0.05) is 25.5 Å². The molecule has 0 saturated carbocycles. The van der Waals surface area contributed by atoms with Gasteiger partial charge < -0.3 is 14.8 Å². The standard InChI is InChI=1S/C16H30N4/c1-15(2)11-18-12-16-5-9-19(13-16)7-3-4-8-20-10-6-17-14-20/h6,10,14-16,18H,3-5,7-9,11-13H2,1-2H3. The van der Waals surface area contributed by atoms with E-state index < -0.39 is 0 Å². The topological polar surface area (TPSA) is 33.1 Å². The van der Waals surface area contributed by atoms with Crippen LogP contribution in [0.2, 0.25) is 0 Å². The summed E-state index contributed by atoms with van der Waals surface area (Å²) in [5.74, 6) is 1.62. The second-order valence-electron chi connectivity index (χ2n) is 6.52. The van der Waals surface area contributed by atoms with Gasteiger partial charge in [-0.15, -0.1) is 0 Å². The van der Waals surface area contributed by atoms with Crippen LogP contribution < -0.4 is 5.32 Å². The lowest BCUT2D eigenvalue weighted by Gasteiger charge is -2.16. The van der Waals surface area contributed by atoms with Gasteiger partial charge >= 0.3 is 0 Å². The monoisotopic (exact) mass is 278 g/mol. The lowest BCUT2D eigenvalue weighted by atomic mass is 10.1. The zero-order valence-corrected chi connectivity index (χ0v) is 13.1. The summed E-state index contributed by atoms with van der Waals surface area (Å²) in [5.41, 5.74) is 0. The molecular formula is C16H30N4. The highest BCUT2D eigenvalue weighted by atomic mass is 15.1. The second kappa shape index (κ2) is 8.42. The van der Waals surface area contributed by atoms with Gasteiger partial charge in [-0.05, 0) is 57.3 Å². The number of likely N-dealkylation sites (tertiary alicyclic amines) is 1. The van der Waals surface area contributed by atoms with Crippen molar-refractivity contribution in [1.82, 2.24) is 19.8 Å². The van der Waals surface area contributed by atoms with Gasteiger partial charge in [0.25, 0.3) is 0 Å². The fourth-order valence-electron chi connectivity index (χ4n) is 2.91. The Labute approximate surface area is 123 Å². The Morgan fingerprint density at radius 1 is 1.30 bits per heavy atom. The number of nitrogens with one attached hydrogen (secondary N) is 1. The molecular weight excluding hydrogens is 248 g/mol. The highest BCUT2D eigenvalue weighted by Crippen LogP contribution is 2.16. The molecule has 0 bridgehead atoms. The molecule has 1 aliphatic rings. The summed E-state index contributed by atoms with van der Waals surface area (Å²) in [6, 6.07) is 0. The molecule has 2 heterocycles. The van der Waals surface area contributed by atoms with Crippen LogP contribution in [0.25, 0.3) is 0 Å². The van der Waals surface area contributed by atoms with Crippen LogP contribution in [0.1, 0.15) is 33.1 Å². The van der Waals surface area contributed by atoms with Crippen molar-refractivity contribution >= 4 is 0 Å². The third-order valence-corrected chi connectivity index (χ3v) is 4.06. The van der Waals surface area contributed by atoms with Crippen molar-refractivity contribution in [2.45, 2.75) is 39.7 Å². The van der Waals surface area contributed by atoms with Crippen molar-refractivity contribution in [2.75, 3.05) is 32.7 Å². The number of unbranched alkanes of at least 4 members (excludes halogenated alkanes) is 1. The van der Waals surface area contributed by atoms with Crippen molar-refractivity contribution < 1.29 is 0 Å². The third-order valence-electron chi connectivity index (χ3n) is 4.06.